The van der Waals surface area contributed by atoms with Crippen molar-refractivity contribution in [1.82, 2.24) is 19.8 Å². The number of hydrogen-bond donors (Lipinski definition) is 2. The van der Waals surface area contributed by atoms with Crippen molar-refractivity contribution in [2.75, 3.05) is 26.2 Å². The third-order valence-corrected chi connectivity index (χ3v) is 13.2. The van der Waals surface area contributed by atoms with Gasteiger partial charge >= 0.3 is 0 Å². The molecular weight excluding hydrogens is 978 g/mol. The molecule has 2 aliphatic heterocycles. The van der Waals surface area contributed by atoms with Gasteiger partial charge in [0.1, 0.15) is 61.6 Å². The molecule has 2 amide bonds. The minimum Gasteiger partial charge on any atom is -0.488 e. The predicted molar refractivity (Wildman–Crippen MR) is 262 cm³/mol. The second-order valence-electron chi connectivity index (χ2n) is 16.8. The first kappa shape index (κ1) is 49.8. The normalized spacial score (nSPS) is 15.7. The largest absolute Gasteiger partial charge is 0.488 e. The molecule has 0 bridgehead atoms. The summed E-state index contributed by atoms with van der Waals surface area (Å²) in [6.45, 7) is 1.18. The van der Waals surface area contributed by atoms with Crippen molar-refractivity contribution in [2.45, 2.75) is 64.3 Å². The lowest BCUT2D eigenvalue weighted by atomic mass is 10.0. The zero-order valence-corrected chi connectivity index (χ0v) is 40.4. The number of aliphatic hydroxyl groups excluding tert-OH is 2. The number of pyridine rings is 2. The van der Waals surface area contributed by atoms with Crippen LogP contribution in [-0.4, -0.2) is 80.2 Å². The summed E-state index contributed by atoms with van der Waals surface area (Å²) in [6.07, 6.45) is 7.21. The van der Waals surface area contributed by atoms with Gasteiger partial charge in [-0.1, -0.05) is 82.8 Å². The highest BCUT2D eigenvalue weighted by molar-refractivity contribution is 6.37. The fraction of sp³-hybridized carbons (Fsp3) is 0.269. The summed E-state index contributed by atoms with van der Waals surface area (Å²) in [5.74, 6) is 0.0853. The Morgan fingerprint density at radius 1 is 0.586 bits per heavy atom. The second-order valence-corrected chi connectivity index (χ2v) is 18.3. The summed E-state index contributed by atoms with van der Waals surface area (Å²) in [4.78, 5) is 39.0. The van der Waals surface area contributed by atoms with Gasteiger partial charge < -0.3 is 39.0 Å². The molecule has 2 fully saturated rings. The molecule has 0 saturated carbocycles. The molecule has 2 atom stereocenters. The van der Waals surface area contributed by atoms with Crippen LogP contribution in [0.4, 0.5) is 0 Å². The Morgan fingerprint density at radius 2 is 1.00 bits per heavy atom. The van der Waals surface area contributed by atoms with Crippen LogP contribution in [0.5, 0.6) is 23.0 Å². The van der Waals surface area contributed by atoms with Crippen molar-refractivity contribution in [3.63, 3.8) is 0 Å². The van der Waals surface area contributed by atoms with E-state index in [1.807, 2.05) is 24.3 Å². The van der Waals surface area contributed by atoms with E-state index in [1.54, 1.807) is 46.5 Å². The maximum absolute atomic E-state index is 13.8. The SMILES string of the molecule is N#Cc1cncc(COc2cc(OCc3cccc(-c4cccc(COc5cc(OCc6cncc(C#N)c6)c(C(=O)N6CCCC(O)C6)cc5Cl)c4Cl)c3Cl)c(Cl)cc2C(=O)N2CCCC(O)C2)c1. The number of likely N-dealkylation sites (tertiary alicyclic amines) is 2. The molecule has 70 heavy (non-hydrogen) atoms. The van der Waals surface area contributed by atoms with Gasteiger partial charge in [0.05, 0.1) is 54.6 Å². The van der Waals surface area contributed by atoms with Crippen LogP contribution in [0.25, 0.3) is 11.1 Å². The molecule has 0 radical (unpaired) electrons. The standard InChI is InChI=1S/C52H44Cl4N6O8/c53-43-15-41(51(65)61-11-3-7-37(63)25-61)45(67-27-33-13-31(19-57)21-59-23-33)17-47(43)69-29-35-5-1-9-39(49(35)55)40-10-2-6-36(50(40)56)30-70-48-18-46(68-28-34-14-32(20-58)22-60-24-34)42(16-44(48)54)52(66)62-12-4-8-38(64)26-62/h1-2,5-6,9-10,13-18,21-24,37-38,63-64H,3-4,7-8,11-12,25-30H2. The number of hydrogen-bond acceptors (Lipinski definition) is 12. The highest BCUT2D eigenvalue weighted by Gasteiger charge is 2.29. The van der Waals surface area contributed by atoms with E-state index in [2.05, 4.69) is 22.1 Å². The molecule has 2 saturated heterocycles. The van der Waals surface area contributed by atoms with E-state index < -0.39 is 12.2 Å². The lowest BCUT2D eigenvalue weighted by Gasteiger charge is -2.30. The molecule has 2 aliphatic rings. The molecule has 2 N–H and O–H groups in total. The highest BCUT2D eigenvalue weighted by atomic mass is 35.5. The number of rotatable bonds is 15. The molecule has 0 aliphatic carbocycles. The maximum atomic E-state index is 13.8. The van der Waals surface area contributed by atoms with Crippen LogP contribution in [0.15, 0.2) is 97.6 Å². The Kier molecular flexibility index (Phi) is 16.3. The summed E-state index contributed by atoms with van der Waals surface area (Å²) in [5.41, 5.74) is 4.71. The van der Waals surface area contributed by atoms with Crippen LogP contribution in [0, 0.1) is 22.7 Å². The number of ether oxygens (including phenoxy) is 4. The fourth-order valence-corrected chi connectivity index (χ4v) is 9.17. The number of aliphatic hydroxyl groups is 2. The molecule has 0 spiro atoms. The van der Waals surface area contributed by atoms with Crippen molar-refractivity contribution >= 4 is 58.2 Å². The van der Waals surface area contributed by atoms with E-state index >= 15 is 0 Å². The number of nitrogens with zero attached hydrogens (tertiary/aromatic N) is 6. The topological polar surface area (TPSA) is 191 Å². The number of amides is 2. The fourth-order valence-electron chi connectivity index (χ4n) is 8.17. The van der Waals surface area contributed by atoms with Crippen molar-refractivity contribution in [3.8, 4) is 46.3 Å². The molecule has 2 aromatic heterocycles. The summed E-state index contributed by atoms with van der Waals surface area (Å²) in [6, 6.07) is 24.3. The third kappa shape index (κ3) is 11.9. The van der Waals surface area contributed by atoms with E-state index in [-0.39, 0.29) is 95.5 Å². The summed E-state index contributed by atoms with van der Waals surface area (Å²) in [5, 5.41) is 40.4. The quantitative estimate of drug-likeness (QED) is 0.0991. The number of carbonyl (C=O) groups excluding carboxylic acids is 2. The minimum absolute atomic E-state index is 0.00914. The van der Waals surface area contributed by atoms with Gasteiger partial charge in [0.25, 0.3) is 11.8 Å². The van der Waals surface area contributed by atoms with Crippen molar-refractivity contribution in [2.24, 2.45) is 0 Å². The number of halogens is 4. The average molecular weight is 1020 g/mol. The highest BCUT2D eigenvalue weighted by Crippen LogP contribution is 2.41. The number of benzene rings is 4. The van der Waals surface area contributed by atoms with Crippen molar-refractivity contribution < 1.29 is 38.7 Å². The molecule has 4 aromatic carbocycles. The zero-order valence-electron chi connectivity index (χ0n) is 37.4. The minimum atomic E-state index is -0.643. The smallest absolute Gasteiger partial charge is 0.257 e. The van der Waals surface area contributed by atoms with Gasteiger partial charge in [-0.2, -0.15) is 10.5 Å². The molecule has 18 heteroatoms. The van der Waals surface area contributed by atoms with E-state index in [0.717, 1.165) is 0 Å². The Labute approximate surface area is 424 Å². The first-order valence-corrected chi connectivity index (χ1v) is 23.8. The Morgan fingerprint density at radius 3 is 1.40 bits per heavy atom. The lowest BCUT2D eigenvalue weighted by Crippen LogP contribution is -2.42. The van der Waals surface area contributed by atoms with Crippen LogP contribution < -0.4 is 18.9 Å². The van der Waals surface area contributed by atoms with Gasteiger partial charge in [-0.15, -0.1) is 0 Å². The van der Waals surface area contributed by atoms with Crippen LogP contribution in [-0.2, 0) is 26.4 Å². The summed E-state index contributed by atoms with van der Waals surface area (Å²) < 4.78 is 24.9. The second kappa shape index (κ2) is 22.9. The number of β-amino-alcohol motifs (C(OH)–C–C–N with tert-alkyl or cyclic N) is 2. The molecule has 358 valence electrons. The molecular formula is C52H44Cl4N6O8. The average Bonchev–Trinajstić information content (AvgIpc) is 3.37. The van der Waals surface area contributed by atoms with Crippen LogP contribution in [0.3, 0.4) is 0 Å². The van der Waals surface area contributed by atoms with Gasteiger partial charge in [-0.05, 0) is 49.9 Å². The maximum Gasteiger partial charge on any atom is 0.257 e. The molecule has 14 nitrogen and oxygen atoms in total. The van der Waals surface area contributed by atoms with Gasteiger partial charge in [0.15, 0.2) is 0 Å². The Bertz CT molecular complexity index is 2820. The first-order chi connectivity index (χ1) is 33.9. The predicted octanol–water partition coefficient (Wildman–Crippen LogP) is 10.0. The molecule has 8 rings (SSSR count). The number of nitriles is 2. The number of aromatic nitrogens is 2. The molecule has 6 aromatic rings. The monoisotopic (exact) mass is 1020 g/mol. The van der Waals surface area contributed by atoms with Gasteiger partial charge in [-0.25, -0.2) is 0 Å². The van der Waals surface area contributed by atoms with Crippen LogP contribution in [0.1, 0.15) is 79.8 Å². The van der Waals surface area contributed by atoms with Crippen molar-refractivity contribution in [3.05, 3.63) is 162 Å². The molecule has 4 heterocycles. The van der Waals surface area contributed by atoms with E-state index in [1.165, 1.54) is 36.7 Å². The first-order valence-electron chi connectivity index (χ1n) is 22.2. The molecule has 2 unspecified atom stereocenters. The van der Waals surface area contributed by atoms with Crippen LogP contribution in [0.2, 0.25) is 20.1 Å². The lowest BCUT2D eigenvalue weighted by molar-refractivity contribution is 0.0468. The van der Waals surface area contributed by atoms with Gasteiger partial charge in [0, 0.05) is 96.5 Å². The number of piperidine rings is 2. The Balaban J connectivity index is 1.01. The van der Waals surface area contributed by atoms with Crippen LogP contribution >= 0.6 is 46.4 Å². The van der Waals surface area contributed by atoms with E-state index in [4.69, 9.17) is 65.4 Å². The van der Waals surface area contributed by atoms with Gasteiger partial charge in [0.2, 0.25) is 0 Å². The van der Waals surface area contributed by atoms with Crippen molar-refractivity contribution in [1.29, 1.82) is 10.5 Å². The van der Waals surface area contributed by atoms with Gasteiger partial charge in [-0.3, -0.25) is 19.6 Å². The van der Waals surface area contributed by atoms with E-state index in [9.17, 15) is 30.3 Å². The summed E-state index contributed by atoms with van der Waals surface area (Å²) >= 11 is 27.8. The van der Waals surface area contributed by atoms with E-state index in [0.29, 0.717) is 93.3 Å². The number of carbonyl (C=O) groups is 2. The Hall–Kier alpha value is -6.62. The third-order valence-electron chi connectivity index (χ3n) is 11.7. The summed E-state index contributed by atoms with van der Waals surface area (Å²) in [7, 11) is 0. The zero-order chi connectivity index (χ0) is 49.3.